The molecule has 16 nitrogen and oxygen atoms in total. The van der Waals surface area contributed by atoms with Gasteiger partial charge in [0.1, 0.15) is 35.9 Å². The number of aromatic nitrogens is 3. The lowest BCUT2D eigenvalue weighted by Crippen LogP contribution is -2.57. The van der Waals surface area contributed by atoms with Gasteiger partial charge in [-0.2, -0.15) is 0 Å². The van der Waals surface area contributed by atoms with Crippen LogP contribution in [0.2, 0.25) is 0 Å². The molecule has 5 aromatic rings. The maximum atomic E-state index is 13.8. The van der Waals surface area contributed by atoms with Crippen molar-refractivity contribution in [2.75, 3.05) is 27.3 Å². The Hall–Kier alpha value is -6.97. The number of carbonyl (C=O) groups excluding carboxylic acids is 4. The highest BCUT2D eigenvalue weighted by atomic mass is 16.5. The summed E-state index contributed by atoms with van der Waals surface area (Å²) in [5.41, 5.74) is 8.81. The lowest BCUT2D eigenvalue weighted by atomic mass is 9.92. The number of nitrogens with zero attached hydrogens (tertiary/aromatic N) is 3. The van der Waals surface area contributed by atoms with Gasteiger partial charge in [0.25, 0.3) is 0 Å². The van der Waals surface area contributed by atoms with Gasteiger partial charge in [0.05, 0.1) is 49.6 Å². The second-order valence-corrected chi connectivity index (χ2v) is 18.4. The van der Waals surface area contributed by atoms with Gasteiger partial charge in [-0.15, -0.1) is 0 Å². The summed E-state index contributed by atoms with van der Waals surface area (Å²) in [6, 6.07) is 21.2. The molecule has 0 bridgehead atoms. The van der Waals surface area contributed by atoms with E-state index in [4.69, 9.17) is 19.2 Å². The summed E-state index contributed by atoms with van der Waals surface area (Å²) in [5.74, 6) is 0.961. The number of fused-ring (bicyclic) bond motifs is 5. The van der Waals surface area contributed by atoms with Crippen LogP contribution in [0, 0.1) is 11.8 Å². The number of likely N-dealkylation sites (tertiary alicyclic amines) is 2. The first kappa shape index (κ1) is 44.2. The molecule has 2 aromatic heterocycles. The van der Waals surface area contributed by atoms with Crippen LogP contribution in [0.3, 0.4) is 0 Å². The smallest absolute Gasteiger partial charge is 0.407 e. The van der Waals surface area contributed by atoms with Crippen molar-refractivity contribution in [3.05, 3.63) is 102 Å². The molecule has 4 aliphatic rings. The largest absolute Gasteiger partial charge is 0.485 e. The number of nitrogens with one attached hydrogen (secondary N) is 6. The highest BCUT2D eigenvalue weighted by molar-refractivity contribution is 5.96. The monoisotopic (exact) mass is 897 g/mol. The number of carbonyl (C=O) groups is 4. The van der Waals surface area contributed by atoms with Crippen LogP contribution in [0.5, 0.6) is 5.75 Å². The molecule has 16 heteroatoms. The molecule has 4 aliphatic heterocycles. The normalized spacial score (nSPS) is 20.8. The summed E-state index contributed by atoms with van der Waals surface area (Å²) < 4.78 is 16.7. The first-order chi connectivity index (χ1) is 31.9. The van der Waals surface area contributed by atoms with Gasteiger partial charge in [0, 0.05) is 58.9 Å². The van der Waals surface area contributed by atoms with Gasteiger partial charge in [-0.1, -0.05) is 70.2 Å². The Morgan fingerprint density at radius 3 is 2.21 bits per heavy atom. The maximum absolute atomic E-state index is 13.8. The van der Waals surface area contributed by atoms with E-state index < -0.39 is 24.3 Å². The number of imidazole rings is 1. The summed E-state index contributed by atoms with van der Waals surface area (Å²) in [5, 5.41) is 13.7. The van der Waals surface area contributed by atoms with Crippen LogP contribution >= 0.6 is 0 Å². The second-order valence-electron chi connectivity index (χ2n) is 18.4. The van der Waals surface area contributed by atoms with Crippen molar-refractivity contribution in [2.24, 2.45) is 11.8 Å². The Bertz CT molecular complexity index is 2660. The third-order valence-corrected chi connectivity index (χ3v) is 13.5. The fraction of sp³-hybridized carbons (Fsp3) is 0.420. The number of methoxy groups -OCH3 is 2. The molecule has 2 saturated heterocycles. The number of hydrogen-bond acceptors (Lipinski definition) is 10. The van der Waals surface area contributed by atoms with Crippen molar-refractivity contribution >= 4 is 40.6 Å². The van der Waals surface area contributed by atoms with Gasteiger partial charge in [-0.3, -0.25) is 9.59 Å². The Kier molecular flexibility index (Phi) is 12.4. The Morgan fingerprint density at radius 1 is 0.818 bits per heavy atom. The van der Waals surface area contributed by atoms with E-state index in [0.29, 0.717) is 25.3 Å². The molecule has 4 amide bonds. The van der Waals surface area contributed by atoms with Crippen molar-refractivity contribution in [1.29, 1.82) is 0 Å². The SMILES string of the molecule is COC(=O)NC(C(=O)N1CCC[C@H]1c1ncc(-c2ccc3[nH]c4c(c3c2)C(Cc2ccccc2)Oc2cc(C3=CNC([C@@H]5CCCN5C(=O)C(NC(=O)OC)C(C)C)N3)ccc2-4)[nH]1)C(C)C. The minimum absolute atomic E-state index is 0.113. The maximum Gasteiger partial charge on any atom is 0.407 e. The number of hydrogen-bond donors (Lipinski definition) is 6. The van der Waals surface area contributed by atoms with E-state index >= 15 is 0 Å². The zero-order valence-corrected chi connectivity index (χ0v) is 38.3. The van der Waals surface area contributed by atoms with Gasteiger partial charge in [-0.05, 0) is 67.3 Å². The first-order valence-electron chi connectivity index (χ1n) is 23.0. The van der Waals surface area contributed by atoms with Crippen LogP contribution in [0.15, 0.2) is 79.1 Å². The minimum atomic E-state index is -0.715. The summed E-state index contributed by atoms with van der Waals surface area (Å²) in [7, 11) is 2.59. The average Bonchev–Trinajstić information content (AvgIpc) is 4.18. The van der Waals surface area contributed by atoms with Crippen LogP contribution in [0.4, 0.5) is 9.59 Å². The highest BCUT2D eigenvalue weighted by Crippen LogP contribution is 2.48. The molecule has 0 radical (unpaired) electrons. The van der Waals surface area contributed by atoms with Crippen molar-refractivity contribution in [3.63, 3.8) is 0 Å². The number of aromatic amines is 2. The molecule has 6 N–H and O–H groups in total. The van der Waals surface area contributed by atoms with Gasteiger partial charge in [0.15, 0.2) is 0 Å². The predicted octanol–water partition coefficient (Wildman–Crippen LogP) is 7.13. The summed E-state index contributed by atoms with van der Waals surface area (Å²) >= 11 is 0. The number of rotatable bonds is 12. The molecule has 4 unspecified atom stereocenters. The molecule has 2 fully saturated rings. The number of alkyl carbamates (subject to hydrolysis) is 2. The van der Waals surface area contributed by atoms with Crippen LogP contribution in [0.25, 0.3) is 39.1 Å². The van der Waals surface area contributed by atoms with Crippen molar-refractivity contribution < 1.29 is 33.4 Å². The molecule has 6 atom stereocenters. The first-order valence-corrected chi connectivity index (χ1v) is 23.0. The standard InChI is InChI=1S/C50H59N9O7/c1-27(2)42(56-49(62)64-5)47(60)58-20-10-14-37(58)45-51-25-35(54-45)30-17-19-34-33(23-30)41-40(22-29-12-8-7-9-13-29)66-39-24-31(16-18-32(39)44(41)53-34)36-26-52-46(55-36)38-15-11-21-59(38)48(61)43(28(3)4)57-50(63)65-6/h7-9,12-13,16-19,23-28,37-38,40,42-43,46,52-53,55H,10-11,14-15,20-22H2,1-6H3,(H,51,54)(H,56,62)(H,57,63)/t37-,38-,40?,42?,43?,46?/m0/s1. The quantitative estimate of drug-likeness (QED) is 0.0750. The molecule has 6 heterocycles. The molecule has 0 aliphatic carbocycles. The zero-order valence-electron chi connectivity index (χ0n) is 38.3. The Labute approximate surface area is 384 Å². The molecule has 0 saturated carbocycles. The van der Waals surface area contributed by atoms with Crippen LogP contribution in [-0.2, 0) is 25.5 Å². The van der Waals surface area contributed by atoms with E-state index in [2.05, 4.69) is 79.8 Å². The van der Waals surface area contributed by atoms with E-state index in [1.807, 2.05) is 68.1 Å². The van der Waals surface area contributed by atoms with Crippen LogP contribution in [-0.4, -0.2) is 100 Å². The van der Waals surface area contributed by atoms with E-state index in [1.54, 1.807) is 0 Å². The van der Waals surface area contributed by atoms with E-state index in [0.717, 1.165) is 87.2 Å². The zero-order chi connectivity index (χ0) is 46.2. The number of ether oxygens (including phenoxy) is 3. The summed E-state index contributed by atoms with van der Waals surface area (Å²) in [6.07, 6.45) is 5.93. The van der Waals surface area contributed by atoms with Crippen LogP contribution in [0.1, 0.15) is 88.0 Å². The van der Waals surface area contributed by atoms with Crippen molar-refractivity contribution in [3.8, 4) is 28.3 Å². The topological polar surface area (TPSA) is 195 Å². The summed E-state index contributed by atoms with van der Waals surface area (Å²) in [6.45, 7) is 8.83. The van der Waals surface area contributed by atoms with Crippen molar-refractivity contribution in [1.82, 2.24) is 46.0 Å². The minimum Gasteiger partial charge on any atom is -0.485 e. The van der Waals surface area contributed by atoms with E-state index in [1.165, 1.54) is 14.2 Å². The lowest BCUT2D eigenvalue weighted by molar-refractivity contribution is -0.136. The fourth-order valence-electron chi connectivity index (χ4n) is 10.0. The highest BCUT2D eigenvalue weighted by Gasteiger charge is 2.41. The number of H-pyrrole nitrogens is 2. The molecule has 3 aromatic carbocycles. The van der Waals surface area contributed by atoms with Gasteiger partial charge < -0.3 is 55.2 Å². The molecule has 0 spiro atoms. The molecule has 346 valence electrons. The average molecular weight is 898 g/mol. The predicted molar refractivity (Wildman–Crippen MR) is 250 cm³/mol. The van der Waals surface area contributed by atoms with Gasteiger partial charge >= 0.3 is 12.2 Å². The molecular weight excluding hydrogens is 839 g/mol. The van der Waals surface area contributed by atoms with E-state index in [9.17, 15) is 19.2 Å². The molecular formula is C50H59N9O7. The van der Waals surface area contributed by atoms with Gasteiger partial charge in [0.2, 0.25) is 11.8 Å². The third kappa shape index (κ3) is 8.51. The third-order valence-electron chi connectivity index (χ3n) is 13.5. The fourth-order valence-corrected chi connectivity index (χ4v) is 10.0. The lowest BCUT2D eigenvalue weighted by Gasteiger charge is -2.34. The molecule has 9 rings (SSSR count). The van der Waals surface area contributed by atoms with Gasteiger partial charge in [-0.25, -0.2) is 14.6 Å². The Balaban J connectivity index is 0.978. The van der Waals surface area contributed by atoms with Crippen LogP contribution < -0.4 is 26.0 Å². The number of benzene rings is 3. The number of amides is 4. The molecule has 66 heavy (non-hydrogen) atoms. The van der Waals surface area contributed by atoms with E-state index in [-0.39, 0.29) is 48.0 Å². The van der Waals surface area contributed by atoms with Crippen molar-refractivity contribution in [2.45, 2.75) is 96.2 Å². The Morgan fingerprint density at radius 2 is 1.50 bits per heavy atom. The summed E-state index contributed by atoms with van der Waals surface area (Å²) in [4.78, 5) is 67.7. The second kappa shape index (κ2) is 18.5.